The summed E-state index contributed by atoms with van der Waals surface area (Å²) in [6.45, 7) is 4.80. The van der Waals surface area contributed by atoms with Crippen molar-refractivity contribution in [1.82, 2.24) is 10.2 Å². The summed E-state index contributed by atoms with van der Waals surface area (Å²) in [5.41, 5.74) is 6.41. The highest BCUT2D eigenvalue weighted by Gasteiger charge is 2.28. The molecule has 0 spiro atoms. The van der Waals surface area contributed by atoms with Gasteiger partial charge in [0.15, 0.2) is 0 Å². The van der Waals surface area contributed by atoms with Gasteiger partial charge in [-0.1, -0.05) is 61.4 Å². The number of amides is 2. The predicted octanol–water partition coefficient (Wildman–Crippen LogP) is 4.95. The highest BCUT2D eigenvalue weighted by Crippen LogP contribution is 2.38. The van der Waals surface area contributed by atoms with Gasteiger partial charge in [-0.25, -0.2) is 0 Å². The van der Waals surface area contributed by atoms with Crippen LogP contribution in [0.5, 0.6) is 0 Å². The maximum Gasteiger partial charge on any atom is 0.296 e. The maximum absolute atomic E-state index is 13.2. The number of carbonyl (C=O) groups is 2. The number of anilines is 2. The smallest absolute Gasteiger partial charge is 0.296 e. The van der Waals surface area contributed by atoms with Gasteiger partial charge in [0, 0.05) is 35.3 Å². The molecule has 0 fully saturated rings. The van der Waals surface area contributed by atoms with Crippen molar-refractivity contribution in [3.8, 4) is 11.8 Å². The number of hydrogen-bond acceptors (Lipinski definition) is 4. The van der Waals surface area contributed by atoms with Crippen molar-refractivity contribution in [2.24, 2.45) is 0 Å². The van der Waals surface area contributed by atoms with Crippen molar-refractivity contribution in [2.75, 3.05) is 24.7 Å². The van der Waals surface area contributed by atoms with E-state index in [2.05, 4.69) is 44.8 Å². The van der Waals surface area contributed by atoms with Crippen LogP contribution < -0.4 is 16.0 Å². The third-order valence-corrected chi connectivity index (χ3v) is 6.11. The van der Waals surface area contributed by atoms with Crippen LogP contribution in [0.15, 0.2) is 72.8 Å². The summed E-state index contributed by atoms with van der Waals surface area (Å²) in [5.74, 6) is 5.04. The molecule has 4 rings (SSSR count). The fourth-order valence-corrected chi connectivity index (χ4v) is 4.08. The normalized spacial score (nSPS) is 14.2. The molecule has 1 heterocycles. The Kier molecular flexibility index (Phi) is 8.07. The fourth-order valence-electron chi connectivity index (χ4n) is 4.08. The average molecular weight is 493 g/mol. The lowest BCUT2D eigenvalue weighted by Gasteiger charge is -2.16. The molecule has 3 N–H and O–H groups in total. The highest BCUT2D eigenvalue weighted by molar-refractivity contribution is 6.37. The lowest BCUT2D eigenvalue weighted by Crippen LogP contribution is -2.30. The molecule has 0 aliphatic carbocycles. The summed E-state index contributed by atoms with van der Waals surface area (Å²) in [5, 5.41) is 9.30. The Morgan fingerprint density at radius 3 is 2.43 bits per heavy atom. The predicted molar refractivity (Wildman–Crippen MR) is 151 cm³/mol. The number of benzene rings is 3. The van der Waals surface area contributed by atoms with Gasteiger partial charge in [-0.15, -0.1) is 0 Å². The van der Waals surface area contributed by atoms with E-state index in [-0.39, 0.29) is 17.9 Å². The van der Waals surface area contributed by atoms with E-state index in [1.807, 2.05) is 88.6 Å². The zero-order valence-corrected chi connectivity index (χ0v) is 21.7. The van der Waals surface area contributed by atoms with Gasteiger partial charge in [-0.05, 0) is 62.8 Å². The molecule has 0 saturated heterocycles. The molecular formula is C31H32N4O2. The van der Waals surface area contributed by atoms with E-state index >= 15 is 0 Å². The Labute approximate surface area is 218 Å². The third kappa shape index (κ3) is 6.46. The minimum atomic E-state index is -0.313. The van der Waals surface area contributed by atoms with Crippen LogP contribution in [0.3, 0.4) is 0 Å². The standard InChI is InChI=1S/C31H32N4O2/c1-5-21(2)32-28(36)18-14-22-13-17-26-27(19-22)34-31(37)29(26)30(24-9-7-6-8-10-24)33-25-15-11-23(12-16-25)20-35(3)4/h6-13,15-17,19,21,33H,5,20H2,1-4H3,(H,32,36)(H,34,37)/b30-29-. The van der Waals surface area contributed by atoms with Crippen molar-refractivity contribution in [1.29, 1.82) is 0 Å². The van der Waals surface area contributed by atoms with Gasteiger partial charge in [0.05, 0.1) is 17.0 Å². The van der Waals surface area contributed by atoms with Crippen molar-refractivity contribution in [2.45, 2.75) is 32.9 Å². The Balaban J connectivity index is 1.68. The quantitative estimate of drug-likeness (QED) is 0.322. The van der Waals surface area contributed by atoms with Gasteiger partial charge >= 0.3 is 0 Å². The van der Waals surface area contributed by atoms with Gasteiger partial charge in [0.1, 0.15) is 0 Å². The molecule has 3 aromatic rings. The molecule has 1 atom stereocenters. The van der Waals surface area contributed by atoms with Crippen LogP contribution in [0, 0.1) is 11.8 Å². The van der Waals surface area contributed by atoms with Crippen LogP contribution in [-0.4, -0.2) is 36.9 Å². The zero-order valence-electron chi connectivity index (χ0n) is 21.7. The van der Waals surface area contributed by atoms with Gasteiger partial charge in [-0.3, -0.25) is 9.59 Å². The van der Waals surface area contributed by atoms with E-state index in [0.29, 0.717) is 16.8 Å². The number of fused-ring (bicyclic) bond motifs is 1. The SMILES string of the molecule is CCC(C)NC(=O)C#Cc1ccc2c(c1)NC(=O)/C2=C(\Nc1ccc(CN(C)C)cc1)c1ccccc1. The Morgan fingerprint density at radius 1 is 1.03 bits per heavy atom. The number of nitrogens with zero attached hydrogens (tertiary/aromatic N) is 1. The number of hydrogen-bond donors (Lipinski definition) is 3. The Morgan fingerprint density at radius 2 is 1.76 bits per heavy atom. The van der Waals surface area contributed by atoms with E-state index in [4.69, 9.17) is 0 Å². The summed E-state index contributed by atoms with van der Waals surface area (Å²) in [6, 6.07) is 23.6. The molecular weight excluding hydrogens is 460 g/mol. The van der Waals surface area contributed by atoms with E-state index < -0.39 is 0 Å². The average Bonchev–Trinajstić information content (AvgIpc) is 3.21. The highest BCUT2D eigenvalue weighted by atomic mass is 16.2. The van der Waals surface area contributed by atoms with Crippen LogP contribution in [0.25, 0.3) is 11.3 Å². The molecule has 37 heavy (non-hydrogen) atoms. The molecule has 6 nitrogen and oxygen atoms in total. The van der Waals surface area contributed by atoms with Gasteiger partial charge in [0.2, 0.25) is 0 Å². The van der Waals surface area contributed by atoms with E-state index in [1.54, 1.807) is 0 Å². The van der Waals surface area contributed by atoms with Gasteiger partial charge in [0.25, 0.3) is 11.8 Å². The zero-order chi connectivity index (χ0) is 26.4. The molecule has 3 aromatic carbocycles. The molecule has 1 unspecified atom stereocenters. The molecule has 0 bridgehead atoms. The molecule has 0 radical (unpaired) electrons. The largest absolute Gasteiger partial charge is 0.354 e. The molecule has 0 saturated carbocycles. The van der Waals surface area contributed by atoms with Crippen molar-refractivity contribution in [3.05, 3.63) is 95.1 Å². The van der Waals surface area contributed by atoms with Crippen LogP contribution in [0.1, 0.15) is 42.5 Å². The van der Waals surface area contributed by atoms with Crippen molar-refractivity contribution >= 4 is 34.5 Å². The first-order valence-corrected chi connectivity index (χ1v) is 12.4. The second-order valence-electron chi connectivity index (χ2n) is 9.42. The van der Waals surface area contributed by atoms with Crippen LogP contribution in [-0.2, 0) is 16.1 Å². The molecule has 6 heteroatoms. The Hall–Kier alpha value is -4.34. The number of carbonyl (C=O) groups excluding carboxylic acids is 2. The van der Waals surface area contributed by atoms with Gasteiger partial charge < -0.3 is 20.9 Å². The molecule has 2 amide bonds. The molecule has 1 aliphatic rings. The minimum absolute atomic E-state index is 0.0712. The minimum Gasteiger partial charge on any atom is -0.354 e. The van der Waals surface area contributed by atoms with E-state index in [9.17, 15) is 9.59 Å². The van der Waals surface area contributed by atoms with Crippen molar-refractivity contribution in [3.63, 3.8) is 0 Å². The second kappa shape index (κ2) is 11.6. The first-order valence-electron chi connectivity index (χ1n) is 12.4. The van der Waals surface area contributed by atoms with Crippen LogP contribution in [0.4, 0.5) is 11.4 Å². The third-order valence-electron chi connectivity index (χ3n) is 6.11. The summed E-state index contributed by atoms with van der Waals surface area (Å²) in [6.07, 6.45) is 0.839. The summed E-state index contributed by atoms with van der Waals surface area (Å²) in [7, 11) is 4.08. The first kappa shape index (κ1) is 25.7. The van der Waals surface area contributed by atoms with E-state index in [0.717, 1.165) is 35.5 Å². The van der Waals surface area contributed by atoms with Crippen LogP contribution in [0.2, 0.25) is 0 Å². The number of rotatable bonds is 7. The monoisotopic (exact) mass is 492 g/mol. The van der Waals surface area contributed by atoms with Crippen LogP contribution >= 0.6 is 0 Å². The van der Waals surface area contributed by atoms with Crippen molar-refractivity contribution < 1.29 is 9.59 Å². The Bertz CT molecular complexity index is 1380. The fraction of sp³-hybridized carbons (Fsp3) is 0.226. The lowest BCUT2D eigenvalue weighted by atomic mass is 9.99. The first-order chi connectivity index (χ1) is 17.8. The molecule has 188 valence electrons. The molecule has 1 aliphatic heterocycles. The summed E-state index contributed by atoms with van der Waals surface area (Å²) in [4.78, 5) is 27.4. The summed E-state index contributed by atoms with van der Waals surface area (Å²) < 4.78 is 0. The lowest BCUT2D eigenvalue weighted by molar-refractivity contribution is -0.116. The topological polar surface area (TPSA) is 73.5 Å². The molecule has 0 aromatic heterocycles. The van der Waals surface area contributed by atoms with Gasteiger partial charge in [-0.2, -0.15) is 0 Å². The second-order valence-corrected chi connectivity index (χ2v) is 9.42. The maximum atomic E-state index is 13.2. The summed E-state index contributed by atoms with van der Waals surface area (Å²) >= 11 is 0. The number of nitrogens with one attached hydrogen (secondary N) is 3. The van der Waals surface area contributed by atoms with E-state index in [1.165, 1.54) is 5.56 Å².